The first-order valence-electron chi connectivity index (χ1n) is 6.53. The molecule has 5 heteroatoms. The summed E-state index contributed by atoms with van der Waals surface area (Å²) in [4.78, 5) is 8.25. The van der Waals surface area contributed by atoms with Crippen molar-refractivity contribution in [2.45, 2.75) is 18.6 Å². The molecule has 0 spiro atoms. The van der Waals surface area contributed by atoms with E-state index in [1.807, 2.05) is 18.2 Å². The number of aromatic nitrogens is 2. The number of aliphatic hydroxyl groups excluding tert-OH is 1. The SMILES string of the molecule is COc1nccnc1C(O)C1OCCc2ccccc21. The van der Waals surface area contributed by atoms with Crippen molar-refractivity contribution < 1.29 is 14.6 Å². The smallest absolute Gasteiger partial charge is 0.238 e. The molecule has 0 amide bonds. The van der Waals surface area contributed by atoms with Gasteiger partial charge in [-0.15, -0.1) is 0 Å². The topological polar surface area (TPSA) is 64.5 Å². The largest absolute Gasteiger partial charge is 0.480 e. The van der Waals surface area contributed by atoms with Crippen molar-refractivity contribution in [1.29, 1.82) is 0 Å². The maximum absolute atomic E-state index is 10.6. The number of fused-ring (bicyclic) bond motifs is 1. The molecule has 0 bridgehead atoms. The van der Waals surface area contributed by atoms with Crippen molar-refractivity contribution >= 4 is 0 Å². The lowest BCUT2D eigenvalue weighted by Gasteiger charge is -2.29. The van der Waals surface area contributed by atoms with Crippen LogP contribution in [-0.2, 0) is 11.2 Å². The summed E-state index contributed by atoms with van der Waals surface area (Å²) in [6, 6.07) is 7.98. The van der Waals surface area contributed by atoms with E-state index in [9.17, 15) is 5.11 Å². The minimum atomic E-state index is -0.903. The second kappa shape index (κ2) is 5.56. The average Bonchev–Trinajstić information content (AvgIpc) is 2.53. The fraction of sp³-hybridized carbons (Fsp3) is 0.333. The zero-order valence-electron chi connectivity index (χ0n) is 11.2. The molecule has 3 rings (SSSR count). The van der Waals surface area contributed by atoms with Gasteiger partial charge in [0.25, 0.3) is 0 Å². The highest BCUT2D eigenvalue weighted by Crippen LogP contribution is 2.38. The number of methoxy groups -OCH3 is 1. The van der Waals surface area contributed by atoms with Crippen molar-refractivity contribution in [2.75, 3.05) is 13.7 Å². The standard InChI is InChI=1S/C15H16N2O3/c1-19-15-12(16-7-8-17-15)13(18)14-11-5-3-2-4-10(11)6-9-20-14/h2-5,7-8,13-14,18H,6,9H2,1H3. The van der Waals surface area contributed by atoms with Crippen LogP contribution < -0.4 is 4.74 Å². The predicted molar refractivity (Wildman–Crippen MR) is 72.4 cm³/mol. The molecule has 2 aromatic rings. The molecule has 0 saturated carbocycles. The summed E-state index contributed by atoms with van der Waals surface area (Å²) in [7, 11) is 1.51. The lowest BCUT2D eigenvalue weighted by Crippen LogP contribution is -2.23. The van der Waals surface area contributed by atoms with Crippen LogP contribution in [0.25, 0.3) is 0 Å². The number of rotatable bonds is 3. The molecule has 0 saturated heterocycles. The van der Waals surface area contributed by atoms with Crippen molar-refractivity contribution in [3.8, 4) is 5.88 Å². The molecule has 1 aliphatic heterocycles. The summed E-state index contributed by atoms with van der Waals surface area (Å²) in [5, 5.41) is 10.6. The summed E-state index contributed by atoms with van der Waals surface area (Å²) < 4.78 is 10.9. The third-order valence-electron chi connectivity index (χ3n) is 3.48. The van der Waals surface area contributed by atoms with Crippen molar-refractivity contribution in [3.05, 3.63) is 53.5 Å². The van der Waals surface area contributed by atoms with Crippen LogP contribution in [0.15, 0.2) is 36.7 Å². The van der Waals surface area contributed by atoms with Crippen molar-refractivity contribution in [2.24, 2.45) is 0 Å². The number of benzene rings is 1. The Morgan fingerprint density at radius 2 is 2.10 bits per heavy atom. The van der Waals surface area contributed by atoms with Crippen LogP contribution in [0.1, 0.15) is 29.0 Å². The van der Waals surface area contributed by atoms with Gasteiger partial charge in [0.1, 0.15) is 17.9 Å². The van der Waals surface area contributed by atoms with E-state index in [4.69, 9.17) is 9.47 Å². The molecule has 1 aromatic carbocycles. The van der Waals surface area contributed by atoms with Gasteiger partial charge in [0, 0.05) is 12.4 Å². The maximum Gasteiger partial charge on any atom is 0.238 e. The zero-order chi connectivity index (χ0) is 13.9. The van der Waals surface area contributed by atoms with E-state index in [1.165, 1.54) is 25.1 Å². The highest BCUT2D eigenvalue weighted by atomic mass is 16.5. The van der Waals surface area contributed by atoms with Crippen LogP contribution in [0.2, 0.25) is 0 Å². The summed E-state index contributed by atoms with van der Waals surface area (Å²) in [5.74, 6) is 0.326. The van der Waals surface area contributed by atoms with Crippen LogP contribution in [0.4, 0.5) is 0 Å². The molecule has 104 valence electrons. The van der Waals surface area contributed by atoms with Gasteiger partial charge in [0.05, 0.1) is 13.7 Å². The molecule has 20 heavy (non-hydrogen) atoms. The minimum Gasteiger partial charge on any atom is -0.480 e. The summed E-state index contributed by atoms with van der Waals surface area (Å²) in [5.41, 5.74) is 2.60. The van der Waals surface area contributed by atoms with Crippen molar-refractivity contribution in [3.63, 3.8) is 0 Å². The molecule has 2 atom stereocenters. The summed E-state index contributed by atoms with van der Waals surface area (Å²) in [6.45, 7) is 0.585. The van der Waals surface area contributed by atoms with Crippen LogP contribution >= 0.6 is 0 Å². The second-order valence-electron chi connectivity index (χ2n) is 4.64. The molecule has 5 nitrogen and oxygen atoms in total. The van der Waals surface area contributed by atoms with Gasteiger partial charge >= 0.3 is 0 Å². The molecule has 1 N–H and O–H groups in total. The fourth-order valence-electron chi connectivity index (χ4n) is 2.53. The Hall–Kier alpha value is -1.98. The third-order valence-corrected chi connectivity index (χ3v) is 3.48. The van der Waals surface area contributed by atoms with Gasteiger partial charge in [0.2, 0.25) is 5.88 Å². The van der Waals surface area contributed by atoms with E-state index in [2.05, 4.69) is 16.0 Å². The Bertz CT molecular complexity index is 603. The predicted octanol–water partition coefficient (Wildman–Crippen LogP) is 1.83. The van der Waals surface area contributed by atoms with E-state index >= 15 is 0 Å². The first-order valence-corrected chi connectivity index (χ1v) is 6.53. The van der Waals surface area contributed by atoms with Gasteiger partial charge in [-0.2, -0.15) is 0 Å². The van der Waals surface area contributed by atoms with Gasteiger partial charge in [-0.05, 0) is 17.5 Å². The molecule has 0 aliphatic carbocycles. The van der Waals surface area contributed by atoms with Gasteiger partial charge in [-0.25, -0.2) is 4.98 Å². The Morgan fingerprint density at radius 1 is 1.30 bits per heavy atom. The number of aliphatic hydroxyl groups is 1. The summed E-state index contributed by atoms with van der Waals surface area (Å²) in [6.07, 6.45) is 2.59. The number of hydrogen-bond acceptors (Lipinski definition) is 5. The van der Waals surface area contributed by atoms with Gasteiger partial charge in [-0.1, -0.05) is 24.3 Å². The molecule has 2 heterocycles. The Morgan fingerprint density at radius 3 is 2.95 bits per heavy atom. The maximum atomic E-state index is 10.6. The van der Waals surface area contributed by atoms with E-state index in [0.717, 1.165) is 12.0 Å². The number of hydrogen-bond donors (Lipinski definition) is 1. The number of ether oxygens (including phenoxy) is 2. The van der Waals surface area contributed by atoms with Crippen molar-refractivity contribution in [1.82, 2.24) is 9.97 Å². The van der Waals surface area contributed by atoms with Crippen LogP contribution in [0.5, 0.6) is 5.88 Å². The quantitative estimate of drug-likeness (QED) is 0.923. The molecule has 1 aromatic heterocycles. The lowest BCUT2D eigenvalue weighted by atomic mass is 9.93. The molecule has 0 radical (unpaired) electrons. The highest BCUT2D eigenvalue weighted by Gasteiger charge is 2.31. The van der Waals surface area contributed by atoms with E-state index in [1.54, 1.807) is 0 Å². The molecule has 0 fully saturated rings. The Labute approximate surface area is 117 Å². The second-order valence-corrected chi connectivity index (χ2v) is 4.64. The fourth-order valence-corrected chi connectivity index (χ4v) is 2.53. The van der Waals surface area contributed by atoms with Gasteiger partial charge in [0.15, 0.2) is 0 Å². The average molecular weight is 272 g/mol. The zero-order valence-corrected chi connectivity index (χ0v) is 11.2. The van der Waals surface area contributed by atoms with Gasteiger partial charge < -0.3 is 14.6 Å². The van der Waals surface area contributed by atoms with E-state index < -0.39 is 12.2 Å². The molecule has 1 aliphatic rings. The molecule has 2 unspecified atom stereocenters. The lowest BCUT2D eigenvalue weighted by molar-refractivity contribution is -0.0509. The highest BCUT2D eigenvalue weighted by molar-refractivity contribution is 5.34. The first-order chi connectivity index (χ1) is 9.81. The Kier molecular flexibility index (Phi) is 3.62. The third kappa shape index (κ3) is 2.26. The van der Waals surface area contributed by atoms with E-state index in [-0.39, 0.29) is 0 Å². The summed E-state index contributed by atoms with van der Waals surface area (Å²) >= 11 is 0. The number of nitrogens with zero attached hydrogens (tertiary/aromatic N) is 2. The van der Waals surface area contributed by atoms with Crippen LogP contribution in [0.3, 0.4) is 0 Å². The Balaban J connectivity index is 1.97. The molecular formula is C15H16N2O3. The van der Waals surface area contributed by atoms with E-state index in [0.29, 0.717) is 18.2 Å². The molecular weight excluding hydrogens is 256 g/mol. The minimum absolute atomic E-state index is 0.326. The monoisotopic (exact) mass is 272 g/mol. The first kappa shape index (κ1) is 13.0. The normalized spacial score (nSPS) is 19.2. The van der Waals surface area contributed by atoms with Crippen LogP contribution in [-0.4, -0.2) is 28.8 Å². The van der Waals surface area contributed by atoms with Gasteiger partial charge in [-0.3, -0.25) is 4.98 Å². The van der Waals surface area contributed by atoms with Crippen LogP contribution in [0, 0.1) is 0 Å².